The molecule has 2 aromatic carbocycles. The van der Waals surface area contributed by atoms with E-state index in [1.54, 1.807) is 13.0 Å². The number of ether oxygens (including phenoxy) is 3. The lowest BCUT2D eigenvalue weighted by Crippen LogP contribution is -2.48. The van der Waals surface area contributed by atoms with Crippen LogP contribution in [0.1, 0.15) is 12.5 Å². The van der Waals surface area contributed by atoms with E-state index in [1.807, 2.05) is 29.2 Å². The van der Waals surface area contributed by atoms with E-state index in [9.17, 15) is 4.79 Å². The first kappa shape index (κ1) is 25.6. The highest BCUT2D eigenvalue weighted by molar-refractivity contribution is 6.35. The number of halogens is 2. The highest BCUT2D eigenvalue weighted by atomic mass is 35.5. The van der Waals surface area contributed by atoms with E-state index in [4.69, 9.17) is 37.4 Å². The Bertz CT molecular complexity index is 1060. The molecule has 5 rings (SSSR count). The summed E-state index contributed by atoms with van der Waals surface area (Å²) in [5.74, 6) is -0.0698. The number of nitrogens with one attached hydrogen (secondary N) is 1. The molecule has 8 nitrogen and oxygen atoms in total. The summed E-state index contributed by atoms with van der Waals surface area (Å²) in [6, 6.07) is 13.5. The van der Waals surface area contributed by atoms with Gasteiger partial charge in [-0.1, -0.05) is 29.3 Å². The third-order valence-corrected chi connectivity index (χ3v) is 7.48. The minimum Gasteiger partial charge on any atom is -0.491 e. The Morgan fingerprint density at radius 3 is 2.56 bits per heavy atom. The molecule has 3 fully saturated rings. The van der Waals surface area contributed by atoms with E-state index < -0.39 is 5.79 Å². The maximum atomic E-state index is 11.6. The van der Waals surface area contributed by atoms with Gasteiger partial charge in [0.05, 0.1) is 18.2 Å². The van der Waals surface area contributed by atoms with E-state index in [0.717, 1.165) is 62.9 Å². The molecule has 3 aliphatic rings. The van der Waals surface area contributed by atoms with Crippen molar-refractivity contribution in [2.75, 3.05) is 70.6 Å². The van der Waals surface area contributed by atoms with Crippen LogP contribution in [0, 0.1) is 0 Å². The van der Waals surface area contributed by atoms with Gasteiger partial charge >= 0.3 is 0 Å². The summed E-state index contributed by atoms with van der Waals surface area (Å²) in [5.41, 5.74) is 1.90. The van der Waals surface area contributed by atoms with Gasteiger partial charge in [0, 0.05) is 69.1 Å². The number of nitrogens with zero attached hydrogens (tertiary/aromatic N) is 3. The molecular formula is C26H32Cl2N4O4. The zero-order chi connectivity index (χ0) is 25.1. The van der Waals surface area contributed by atoms with Crippen molar-refractivity contribution >= 4 is 34.8 Å². The third-order valence-electron chi connectivity index (χ3n) is 6.94. The van der Waals surface area contributed by atoms with Crippen molar-refractivity contribution in [2.45, 2.75) is 18.8 Å². The van der Waals surface area contributed by atoms with Gasteiger partial charge in [0.1, 0.15) is 18.5 Å². The predicted octanol–water partition coefficient (Wildman–Crippen LogP) is 3.17. The number of rotatable bonds is 7. The lowest BCUT2D eigenvalue weighted by molar-refractivity contribution is -0.190. The Kier molecular flexibility index (Phi) is 7.90. The standard InChI is InChI=1S/C26H32Cl2N4O4/c1-19(33)31-10-12-32(13-11-31)21-3-5-22(6-4-21)34-15-23-16-35-26(36-23,17-30-9-8-29-18-30)24-7-2-20(27)14-25(24)28/h2-7,14,23,29H,8-13,15-18H2,1H3/t23-,26-/m1/s1. The monoisotopic (exact) mass is 534 g/mol. The van der Waals surface area contributed by atoms with Crippen molar-refractivity contribution in [2.24, 2.45) is 0 Å². The number of piperazine rings is 1. The van der Waals surface area contributed by atoms with Crippen molar-refractivity contribution in [3.8, 4) is 5.75 Å². The van der Waals surface area contributed by atoms with Gasteiger partial charge in [-0.2, -0.15) is 0 Å². The van der Waals surface area contributed by atoms with Crippen molar-refractivity contribution in [3.05, 3.63) is 58.1 Å². The first-order valence-corrected chi connectivity index (χ1v) is 13.1. The topological polar surface area (TPSA) is 66.5 Å². The SMILES string of the molecule is CC(=O)N1CCN(c2ccc(OC[C@@H]3CO[C@@](CN4CCNC4)(c4ccc(Cl)cc4Cl)O3)cc2)CC1. The molecule has 0 radical (unpaired) electrons. The Morgan fingerprint density at radius 2 is 1.89 bits per heavy atom. The molecule has 3 aliphatic heterocycles. The van der Waals surface area contributed by atoms with Crippen molar-refractivity contribution in [3.63, 3.8) is 0 Å². The first-order chi connectivity index (χ1) is 17.4. The van der Waals surface area contributed by atoms with Crippen LogP contribution in [-0.2, 0) is 20.1 Å². The number of hydrogen-bond donors (Lipinski definition) is 1. The maximum absolute atomic E-state index is 11.6. The Hall–Kier alpha value is -2.07. The molecule has 0 bridgehead atoms. The van der Waals surface area contributed by atoms with Gasteiger partial charge in [-0.05, 0) is 36.4 Å². The lowest BCUT2D eigenvalue weighted by atomic mass is 10.0. The second kappa shape index (κ2) is 11.1. The molecule has 1 N–H and O–H groups in total. The molecule has 3 heterocycles. The molecule has 0 unspecified atom stereocenters. The number of anilines is 1. The molecule has 0 aromatic heterocycles. The van der Waals surface area contributed by atoms with Crippen molar-refractivity contribution in [1.29, 1.82) is 0 Å². The fourth-order valence-corrected chi connectivity index (χ4v) is 5.51. The average Bonchev–Trinajstić information content (AvgIpc) is 3.54. The van der Waals surface area contributed by atoms with Crippen LogP contribution in [0.25, 0.3) is 0 Å². The summed E-state index contributed by atoms with van der Waals surface area (Å²) in [7, 11) is 0. The summed E-state index contributed by atoms with van der Waals surface area (Å²) in [4.78, 5) is 18.0. The number of carbonyl (C=O) groups excluding carboxylic acids is 1. The zero-order valence-corrected chi connectivity index (χ0v) is 21.9. The minimum atomic E-state index is -0.979. The largest absolute Gasteiger partial charge is 0.491 e. The Morgan fingerprint density at radius 1 is 1.11 bits per heavy atom. The normalized spacial score (nSPS) is 24.9. The van der Waals surface area contributed by atoms with Crippen LogP contribution < -0.4 is 15.0 Å². The molecule has 0 saturated carbocycles. The van der Waals surface area contributed by atoms with Crippen LogP contribution in [0.5, 0.6) is 5.75 Å². The van der Waals surface area contributed by atoms with Crippen molar-refractivity contribution < 1.29 is 19.0 Å². The molecule has 36 heavy (non-hydrogen) atoms. The number of carbonyl (C=O) groups is 1. The summed E-state index contributed by atoms with van der Waals surface area (Å²) in [6.07, 6.45) is -0.244. The van der Waals surface area contributed by atoms with Gasteiger partial charge in [0.15, 0.2) is 0 Å². The molecule has 3 saturated heterocycles. The highest BCUT2D eigenvalue weighted by Gasteiger charge is 2.46. The van der Waals surface area contributed by atoms with E-state index in [2.05, 4.69) is 27.2 Å². The maximum Gasteiger partial charge on any atom is 0.219 e. The first-order valence-electron chi connectivity index (χ1n) is 12.4. The van der Waals surface area contributed by atoms with E-state index >= 15 is 0 Å². The molecular weight excluding hydrogens is 503 g/mol. The third kappa shape index (κ3) is 5.74. The molecule has 0 spiro atoms. The second-order valence-corrected chi connectivity index (χ2v) is 10.3. The number of hydrogen-bond acceptors (Lipinski definition) is 7. The van der Waals surface area contributed by atoms with Crippen LogP contribution in [0.4, 0.5) is 5.69 Å². The van der Waals surface area contributed by atoms with Gasteiger partial charge in [-0.25, -0.2) is 0 Å². The van der Waals surface area contributed by atoms with E-state index in [0.29, 0.717) is 29.8 Å². The summed E-state index contributed by atoms with van der Waals surface area (Å²) in [6.45, 7) is 8.72. The summed E-state index contributed by atoms with van der Waals surface area (Å²) < 4.78 is 18.9. The van der Waals surface area contributed by atoms with Gasteiger partial charge in [0.2, 0.25) is 11.7 Å². The van der Waals surface area contributed by atoms with E-state index in [-0.39, 0.29) is 12.0 Å². The molecule has 194 valence electrons. The van der Waals surface area contributed by atoms with Gasteiger partial charge in [0.25, 0.3) is 0 Å². The fourth-order valence-electron chi connectivity index (χ4n) is 4.96. The van der Waals surface area contributed by atoms with Gasteiger partial charge < -0.3 is 29.3 Å². The van der Waals surface area contributed by atoms with Crippen LogP contribution >= 0.6 is 23.2 Å². The molecule has 1 amide bonds. The minimum absolute atomic E-state index is 0.135. The average molecular weight is 535 g/mol. The van der Waals surface area contributed by atoms with Crippen LogP contribution in [0.2, 0.25) is 10.0 Å². The van der Waals surface area contributed by atoms with Crippen LogP contribution in [0.15, 0.2) is 42.5 Å². The smallest absolute Gasteiger partial charge is 0.219 e. The number of amides is 1. The van der Waals surface area contributed by atoms with Crippen LogP contribution in [-0.4, -0.2) is 87.5 Å². The molecule has 0 aliphatic carbocycles. The molecule has 2 aromatic rings. The highest BCUT2D eigenvalue weighted by Crippen LogP contribution is 2.40. The Labute approximate surface area is 222 Å². The van der Waals surface area contributed by atoms with E-state index in [1.165, 1.54) is 0 Å². The van der Waals surface area contributed by atoms with Crippen molar-refractivity contribution in [1.82, 2.24) is 15.1 Å². The lowest BCUT2D eigenvalue weighted by Gasteiger charge is -2.35. The van der Waals surface area contributed by atoms with Gasteiger partial charge in [-0.3, -0.25) is 9.69 Å². The fraction of sp³-hybridized carbons (Fsp3) is 0.500. The summed E-state index contributed by atoms with van der Waals surface area (Å²) >= 11 is 12.7. The molecule has 2 atom stereocenters. The molecule has 10 heteroatoms. The predicted molar refractivity (Wildman–Crippen MR) is 140 cm³/mol. The Balaban J connectivity index is 1.20. The van der Waals surface area contributed by atoms with Crippen LogP contribution in [0.3, 0.4) is 0 Å². The number of benzene rings is 2. The summed E-state index contributed by atoms with van der Waals surface area (Å²) in [5, 5.41) is 4.44. The zero-order valence-electron chi connectivity index (χ0n) is 20.4. The van der Waals surface area contributed by atoms with Gasteiger partial charge in [-0.15, -0.1) is 0 Å². The second-order valence-electron chi connectivity index (χ2n) is 9.44. The quantitative estimate of drug-likeness (QED) is 0.585.